The average molecular weight is 944 g/mol. The molecule has 1 aliphatic heterocycles. The van der Waals surface area contributed by atoms with Crippen LogP contribution in [0.3, 0.4) is 0 Å². The van der Waals surface area contributed by atoms with Crippen LogP contribution in [-0.4, -0.2) is 103 Å². The SMILES string of the molecule is C=C(C[C@H]1C(=O)N[C@@H](Cc2ccccc2)C(=O)NCCCC[C@@H](NC(=O)N[C@@H](Cc2ccccc2)C(=O)OC)C(=O)N[C@@H](CC(C)C)C(=O)N[C@@H](CC(C)C)C(=O)N1C)c1ccc(Cl)cc1N. The topological polar surface area (TPSA) is 230 Å². The predicted octanol–water partition coefficient (Wildman–Crippen LogP) is 4.69. The Kier molecular flexibility index (Phi) is 20.7. The van der Waals surface area contributed by atoms with E-state index in [-0.39, 0.29) is 56.9 Å². The van der Waals surface area contributed by atoms with Crippen molar-refractivity contribution in [1.29, 1.82) is 0 Å². The Morgan fingerprint density at radius 2 is 1.40 bits per heavy atom. The van der Waals surface area contributed by atoms with Crippen LogP contribution in [0.25, 0.3) is 5.57 Å². The third-order valence-corrected chi connectivity index (χ3v) is 11.7. The van der Waals surface area contributed by atoms with Gasteiger partial charge in [0.25, 0.3) is 0 Å². The fraction of sp³-hybridized carbons (Fsp3) is 0.460. The summed E-state index contributed by atoms with van der Waals surface area (Å²) >= 11 is 6.19. The van der Waals surface area contributed by atoms with Crippen molar-refractivity contribution in [3.05, 3.63) is 107 Å². The molecule has 16 nitrogen and oxygen atoms in total. The minimum absolute atomic E-state index is 0.0832. The van der Waals surface area contributed by atoms with E-state index in [0.29, 0.717) is 34.7 Å². The van der Waals surface area contributed by atoms with Crippen LogP contribution in [0.4, 0.5) is 10.5 Å². The number of amides is 7. The number of anilines is 1. The molecule has 8 N–H and O–H groups in total. The zero-order valence-electron chi connectivity index (χ0n) is 39.4. The van der Waals surface area contributed by atoms with Gasteiger partial charge in [-0.25, -0.2) is 9.59 Å². The number of nitrogens with zero attached hydrogens (tertiary/aromatic N) is 1. The van der Waals surface area contributed by atoms with E-state index in [4.69, 9.17) is 22.1 Å². The molecule has 0 aromatic heterocycles. The third kappa shape index (κ3) is 16.8. The van der Waals surface area contributed by atoms with Gasteiger partial charge in [0.2, 0.25) is 29.5 Å². The highest BCUT2D eigenvalue weighted by Gasteiger charge is 2.37. The highest BCUT2D eigenvalue weighted by molar-refractivity contribution is 6.31. The molecule has 362 valence electrons. The van der Waals surface area contributed by atoms with E-state index >= 15 is 0 Å². The molecule has 17 heteroatoms. The number of hydrogen-bond acceptors (Lipinski definition) is 9. The summed E-state index contributed by atoms with van der Waals surface area (Å²) in [5.41, 5.74) is 9.13. The lowest BCUT2D eigenvalue weighted by molar-refractivity contribution is -0.143. The van der Waals surface area contributed by atoms with Crippen LogP contribution in [0, 0.1) is 11.8 Å². The highest BCUT2D eigenvalue weighted by Crippen LogP contribution is 2.28. The molecular formula is C50H67ClN8O8. The lowest BCUT2D eigenvalue weighted by Gasteiger charge is -2.33. The Balaban J connectivity index is 1.72. The van der Waals surface area contributed by atoms with Crippen LogP contribution in [-0.2, 0) is 46.3 Å². The second-order valence-corrected chi connectivity index (χ2v) is 18.3. The predicted molar refractivity (Wildman–Crippen MR) is 259 cm³/mol. The number of carbonyl (C=O) groups is 7. The van der Waals surface area contributed by atoms with E-state index in [1.54, 1.807) is 42.5 Å². The quantitative estimate of drug-likeness (QED) is 0.0877. The normalized spacial score (nSPS) is 20.8. The van der Waals surface area contributed by atoms with Crippen molar-refractivity contribution in [2.75, 3.05) is 26.4 Å². The van der Waals surface area contributed by atoms with Crippen molar-refractivity contribution < 1.29 is 38.3 Å². The zero-order chi connectivity index (χ0) is 49.2. The molecule has 1 saturated heterocycles. The van der Waals surface area contributed by atoms with Crippen LogP contribution in [0.1, 0.15) is 82.9 Å². The van der Waals surface area contributed by atoms with E-state index in [0.717, 1.165) is 11.1 Å². The first-order chi connectivity index (χ1) is 31.9. The standard InChI is InChI=1S/C50H67ClN8O8/c1-30(2)24-39-46(62)56-41(25-31(3)4)48(64)59(6)43(26-32(5)36-22-21-35(51)29-37(36)52)47(63)55-40(27-33-16-10-8-11-17-33)44(60)53-23-15-14-20-38(45(61)54-39)57-50(66)58-42(49(65)67-7)28-34-18-12-9-13-19-34/h8-13,16-19,21-22,29-31,38-43H,5,14-15,20,23-28,52H2,1-4,6-7H3,(H,53,60)(H,54,61)(H,55,63)(H,56,62)(H2,57,58,66)/t38-,39+,40+,41+,42+,43+/m1/s1. The molecule has 0 bridgehead atoms. The number of nitrogens with one attached hydrogen (secondary N) is 6. The van der Waals surface area contributed by atoms with E-state index in [2.05, 4.69) is 38.5 Å². The van der Waals surface area contributed by atoms with Gasteiger partial charge in [-0.3, -0.25) is 24.0 Å². The summed E-state index contributed by atoms with van der Waals surface area (Å²) in [6.45, 7) is 11.9. The number of carbonyl (C=O) groups excluding carboxylic acids is 7. The number of nitrogen functional groups attached to an aromatic ring is 1. The van der Waals surface area contributed by atoms with Crippen molar-refractivity contribution >= 4 is 64.4 Å². The number of benzene rings is 3. The van der Waals surface area contributed by atoms with Crippen molar-refractivity contribution in [2.45, 2.75) is 115 Å². The Morgan fingerprint density at radius 1 is 0.806 bits per heavy atom. The van der Waals surface area contributed by atoms with E-state index in [9.17, 15) is 33.6 Å². The van der Waals surface area contributed by atoms with Crippen LogP contribution < -0.4 is 37.6 Å². The van der Waals surface area contributed by atoms with Crippen molar-refractivity contribution in [3.8, 4) is 0 Å². The minimum atomic E-state index is -1.23. The number of ether oxygens (including phenoxy) is 1. The Hall–Kier alpha value is -6.42. The van der Waals surface area contributed by atoms with Crippen molar-refractivity contribution in [3.63, 3.8) is 0 Å². The summed E-state index contributed by atoms with van der Waals surface area (Å²) in [6, 6.07) is 15.4. The van der Waals surface area contributed by atoms with E-state index in [1.807, 2.05) is 64.1 Å². The van der Waals surface area contributed by atoms with Crippen LogP contribution >= 0.6 is 11.6 Å². The van der Waals surface area contributed by atoms with Crippen molar-refractivity contribution in [2.24, 2.45) is 11.8 Å². The summed E-state index contributed by atoms with van der Waals surface area (Å²) in [5.74, 6) is -3.91. The number of halogens is 1. The van der Waals surface area contributed by atoms with Gasteiger partial charge in [-0.05, 0) is 72.8 Å². The molecule has 6 atom stereocenters. The number of methoxy groups -OCH3 is 1. The van der Waals surface area contributed by atoms with Gasteiger partial charge >= 0.3 is 12.0 Å². The molecule has 4 rings (SSSR count). The molecule has 3 aromatic carbocycles. The van der Waals surface area contributed by atoms with E-state index in [1.165, 1.54) is 19.1 Å². The molecule has 7 amide bonds. The summed E-state index contributed by atoms with van der Waals surface area (Å²) in [4.78, 5) is 99.6. The summed E-state index contributed by atoms with van der Waals surface area (Å²) < 4.78 is 4.97. The fourth-order valence-electron chi connectivity index (χ4n) is 7.89. The molecule has 0 spiro atoms. The molecule has 0 unspecified atom stereocenters. The molecule has 0 aliphatic carbocycles. The first-order valence-corrected chi connectivity index (χ1v) is 23.2. The Labute approximate surface area is 398 Å². The van der Waals surface area contributed by atoms with Gasteiger partial charge in [-0.1, -0.05) is 113 Å². The van der Waals surface area contributed by atoms with Crippen LogP contribution in [0.2, 0.25) is 5.02 Å². The molecule has 67 heavy (non-hydrogen) atoms. The minimum Gasteiger partial charge on any atom is -0.467 e. The van der Waals surface area contributed by atoms with Gasteiger partial charge < -0.3 is 47.3 Å². The molecule has 0 saturated carbocycles. The molecule has 3 aromatic rings. The third-order valence-electron chi connectivity index (χ3n) is 11.4. The monoisotopic (exact) mass is 942 g/mol. The molecule has 0 radical (unpaired) electrons. The fourth-order valence-corrected chi connectivity index (χ4v) is 8.07. The molecule has 1 fully saturated rings. The summed E-state index contributed by atoms with van der Waals surface area (Å²) in [7, 11) is 2.67. The van der Waals surface area contributed by atoms with E-state index < -0.39 is 77.8 Å². The smallest absolute Gasteiger partial charge is 0.328 e. The number of likely N-dealkylation sites (N-methyl/N-ethyl adjacent to an activating group) is 1. The number of urea groups is 1. The largest absolute Gasteiger partial charge is 0.467 e. The van der Waals surface area contributed by atoms with Gasteiger partial charge in [0.15, 0.2) is 0 Å². The Morgan fingerprint density at radius 3 is 2.01 bits per heavy atom. The first-order valence-electron chi connectivity index (χ1n) is 22.8. The average Bonchev–Trinajstić information content (AvgIpc) is 3.28. The van der Waals surface area contributed by atoms with Gasteiger partial charge in [0.1, 0.15) is 36.3 Å². The Bertz CT molecular complexity index is 2190. The first kappa shape index (κ1) is 53.2. The van der Waals surface area contributed by atoms with Crippen molar-refractivity contribution in [1.82, 2.24) is 36.8 Å². The maximum Gasteiger partial charge on any atom is 0.328 e. The zero-order valence-corrected chi connectivity index (χ0v) is 40.1. The molecule has 1 heterocycles. The van der Waals surface area contributed by atoms with Gasteiger partial charge in [-0.15, -0.1) is 0 Å². The molecule has 1 aliphatic rings. The lowest BCUT2D eigenvalue weighted by Crippen LogP contribution is -2.60. The van der Waals surface area contributed by atoms with Crippen LogP contribution in [0.5, 0.6) is 0 Å². The second-order valence-electron chi connectivity index (χ2n) is 17.9. The van der Waals surface area contributed by atoms with Crippen LogP contribution in [0.15, 0.2) is 85.4 Å². The molecular weight excluding hydrogens is 876 g/mol. The summed E-state index contributed by atoms with van der Waals surface area (Å²) in [6.07, 6.45) is 1.27. The maximum atomic E-state index is 14.7. The van der Waals surface area contributed by atoms with Gasteiger partial charge in [0, 0.05) is 49.1 Å². The van der Waals surface area contributed by atoms with Gasteiger partial charge in [-0.2, -0.15) is 0 Å². The highest BCUT2D eigenvalue weighted by atomic mass is 35.5. The lowest BCUT2D eigenvalue weighted by atomic mass is 9.95. The van der Waals surface area contributed by atoms with Gasteiger partial charge in [0.05, 0.1) is 7.11 Å². The maximum absolute atomic E-state index is 14.7. The summed E-state index contributed by atoms with van der Waals surface area (Å²) in [5, 5.41) is 17.3. The second kappa shape index (κ2) is 26.1. The number of hydrogen-bond donors (Lipinski definition) is 7. The number of rotatable bonds is 14. The number of nitrogens with two attached hydrogens (primary N) is 1. The number of esters is 1.